The lowest BCUT2D eigenvalue weighted by molar-refractivity contribution is -0.137. The van der Waals surface area contributed by atoms with E-state index in [1.54, 1.807) is 0 Å². The number of carbonyl (C=O) groups excluding carboxylic acids is 2. The zero-order chi connectivity index (χ0) is 9.11. The largest absolute Gasteiger partial charge is 0.466 e. The van der Waals surface area contributed by atoms with Gasteiger partial charge in [0, 0.05) is 6.42 Å². The number of ether oxygens (including phenoxy) is 1. The van der Waals surface area contributed by atoms with Crippen LogP contribution in [0.4, 0.5) is 0 Å². The molecule has 0 unspecified atom stereocenters. The number of hydrogen-bond acceptors (Lipinski definition) is 3. The molecule has 0 N–H and O–H groups in total. The van der Waals surface area contributed by atoms with Crippen LogP contribution in [0.1, 0.15) is 33.6 Å². The normalized spacial score (nSPS) is 13.2. The lowest BCUT2D eigenvalue weighted by Gasteiger charge is -1.81. The molecule has 0 atom stereocenters. The summed E-state index contributed by atoms with van der Waals surface area (Å²) in [6.45, 7) is 6.08. The Morgan fingerprint density at radius 1 is 1.45 bits per heavy atom. The van der Waals surface area contributed by atoms with E-state index in [-0.39, 0.29) is 5.97 Å². The monoisotopic (exact) mass is 160 g/mol. The number of hydrogen-bond donors (Lipinski definition) is 0. The van der Waals surface area contributed by atoms with Gasteiger partial charge in [0.25, 0.3) is 0 Å². The van der Waals surface area contributed by atoms with Gasteiger partial charge in [0.15, 0.2) is 0 Å². The average Bonchev–Trinajstić information content (AvgIpc) is 2.46. The molecule has 11 heavy (non-hydrogen) atoms. The van der Waals surface area contributed by atoms with Crippen LogP contribution in [0.2, 0.25) is 0 Å². The van der Waals surface area contributed by atoms with Crippen LogP contribution in [0.25, 0.3) is 0 Å². The molecule has 3 nitrogen and oxygen atoms in total. The molecule has 0 amide bonds. The first kappa shape index (κ1) is 12.8. The third-order valence-electron chi connectivity index (χ3n) is 0.788. The Morgan fingerprint density at radius 3 is 2.00 bits per heavy atom. The third-order valence-corrected chi connectivity index (χ3v) is 0.788. The van der Waals surface area contributed by atoms with E-state index in [2.05, 4.69) is 4.74 Å². The van der Waals surface area contributed by atoms with Gasteiger partial charge in [-0.2, -0.15) is 0 Å². The maximum Gasteiger partial charge on any atom is 0.305 e. The van der Waals surface area contributed by atoms with Gasteiger partial charge in [-0.1, -0.05) is 13.8 Å². The topological polar surface area (TPSA) is 43.4 Å². The first-order chi connectivity index (χ1) is 5.31. The quantitative estimate of drug-likeness (QED) is 0.399. The van der Waals surface area contributed by atoms with E-state index < -0.39 is 0 Å². The zero-order valence-electron chi connectivity index (χ0n) is 7.42. The van der Waals surface area contributed by atoms with Gasteiger partial charge in [-0.3, -0.25) is 4.79 Å². The second-order valence-corrected chi connectivity index (χ2v) is 1.56. The van der Waals surface area contributed by atoms with E-state index in [9.17, 15) is 4.79 Å². The van der Waals surface area contributed by atoms with E-state index in [0.717, 1.165) is 12.7 Å². The van der Waals surface area contributed by atoms with E-state index >= 15 is 0 Å². The fraction of sp³-hybridized carbons (Fsp3) is 0.750. The fourth-order valence-electron chi connectivity index (χ4n) is 0.475. The molecule has 0 radical (unpaired) electrons. The highest BCUT2D eigenvalue weighted by molar-refractivity contribution is 5.70. The van der Waals surface area contributed by atoms with Crippen molar-refractivity contribution >= 4 is 12.3 Å². The maximum absolute atomic E-state index is 10.0. The lowest BCUT2D eigenvalue weighted by atomic mass is 10.4. The SMILES string of the molecule is CC.CC=O.O=C1CCCO1. The standard InChI is InChI=1S/C4H6O2.C2H4O.C2H6/c5-4-2-1-3-6-4;1-2-3;1-2/h1-3H2;2H,1H3;1-2H3. The van der Waals surface area contributed by atoms with Crippen molar-refractivity contribution in [1.29, 1.82) is 0 Å². The minimum absolute atomic E-state index is 0.0463. The molecular formula is C8H16O3. The van der Waals surface area contributed by atoms with Crippen molar-refractivity contribution in [3.8, 4) is 0 Å². The van der Waals surface area contributed by atoms with Gasteiger partial charge < -0.3 is 9.53 Å². The Morgan fingerprint density at radius 2 is 1.91 bits per heavy atom. The maximum atomic E-state index is 10.0. The number of carbonyl (C=O) groups is 2. The third kappa shape index (κ3) is 12.4. The molecule has 3 heteroatoms. The highest BCUT2D eigenvalue weighted by atomic mass is 16.5. The predicted octanol–water partition coefficient (Wildman–Crippen LogP) is 1.55. The van der Waals surface area contributed by atoms with E-state index in [1.165, 1.54) is 6.92 Å². The summed E-state index contributed by atoms with van der Waals surface area (Å²) in [4.78, 5) is 18.8. The van der Waals surface area contributed by atoms with Crippen molar-refractivity contribution in [3.05, 3.63) is 0 Å². The molecule has 0 aromatic heterocycles. The summed E-state index contributed by atoms with van der Waals surface area (Å²) in [5.41, 5.74) is 0. The Hall–Kier alpha value is -0.860. The molecule has 0 spiro atoms. The van der Waals surface area contributed by atoms with Crippen LogP contribution in [-0.4, -0.2) is 18.9 Å². The van der Waals surface area contributed by atoms with Crippen molar-refractivity contribution in [2.75, 3.05) is 6.61 Å². The number of esters is 1. The Labute approximate surface area is 67.7 Å². The van der Waals surface area contributed by atoms with Crippen LogP contribution in [0.5, 0.6) is 0 Å². The molecule has 0 aromatic carbocycles. The van der Waals surface area contributed by atoms with Crippen molar-refractivity contribution in [2.24, 2.45) is 0 Å². The van der Waals surface area contributed by atoms with Gasteiger partial charge in [-0.25, -0.2) is 0 Å². The van der Waals surface area contributed by atoms with E-state index in [0.29, 0.717) is 13.0 Å². The molecule has 1 aliphatic heterocycles. The molecule has 0 bridgehead atoms. The molecule has 0 aliphatic carbocycles. The van der Waals surface area contributed by atoms with Crippen molar-refractivity contribution in [1.82, 2.24) is 0 Å². The van der Waals surface area contributed by atoms with E-state index in [4.69, 9.17) is 4.79 Å². The summed E-state index contributed by atoms with van der Waals surface area (Å²) in [5, 5.41) is 0. The summed E-state index contributed by atoms with van der Waals surface area (Å²) in [6.07, 6.45) is 2.29. The number of aldehydes is 1. The summed E-state index contributed by atoms with van der Waals surface area (Å²) < 4.78 is 4.51. The first-order valence-electron chi connectivity index (χ1n) is 3.86. The van der Waals surface area contributed by atoms with Gasteiger partial charge in [-0.15, -0.1) is 0 Å². The Balaban J connectivity index is 0. The summed E-state index contributed by atoms with van der Waals surface area (Å²) >= 11 is 0. The lowest BCUT2D eigenvalue weighted by Crippen LogP contribution is -1.88. The molecule has 1 rings (SSSR count). The van der Waals surface area contributed by atoms with Crippen molar-refractivity contribution < 1.29 is 14.3 Å². The predicted molar refractivity (Wildman–Crippen MR) is 43.3 cm³/mol. The molecule has 0 aromatic rings. The molecule has 1 aliphatic rings. The van der Waals surface area contributed by atoms with Crippen LogP contribution in [0, 0.1) is 0 Å². The molecule has 0 saturated carbocycles. The molecule has 1 fully saturated rings. The minimum atomic E-state index is -0.0463. The van der Waals surface area contributed by atoms with Crippen LogP contribution < -0.4 is 0 Å². The second kappa shape index (κ2) is 11.9. The summed E-state index contributed by atoms with van der Waals surface area (Å²) in [5.74, 6) is -0.0463. The second-order valence-electron chi connectivity index (χ2n) is 1.56. The van der Waals surface area contributed by atoms with Crippen LogP contribution >= 0.6 is 0 Å². The van der Waals surface area contributed by atoms with Gasteiger partial charge in [0.2, 0.25) is 0 Å². The summed E-state index contributed by atoms with van der Waals surface area (Å²) in [6, 6.07) is 0. The van der Waals surface area contributed by atoms with Crippen LogP contribution in [0.3, 0.4) is 0 Å². The van der Waals surface area contributed by atoms with Gasteiger partial charge in [0.1, 0.15) is 6.29 Å². The Kier molecular flexibility index (Phi) is 13.8. The number of cyclic esters (lactones) is 1. The number of rotatable bonds is 0. The first-order valence-corrected chi connectivity index (χ1v) is 3.86. The zero-order valence-corrected chi connectivity index (χ0v) is 7.42. The van der Waals surface area contributed by atoms with Gasteiger partial charge >= 0.3 is 5.97 Å². The van der Waals surface area contributed by atoms with Crippen LogP contribution in [-0.2, 0) is 14.3 Å². The molecular weight excluding hydrogens is 144 g/mol. The minimum Gasteiger partial charge on any atom is -0.466 e. The molecule has 1 saturated heterocycles. The highest BCUT2D eigenvalue weighted by Crippen LogP contribution is 2.01. The Bertz CT molecular complexity index is 91.5. The van der Waals surface area contributed by atoms with Gasteiger partial charge in [0.05, 0.1) is 6.61 Å². The van der Waals surface area contributed by atoms with Crippen LogP contribution in [0.15, 0.2) is 0 Å². The molecule has 66 valence electrons. The average molecular weight is 160 g/mol. The fourth-order valence-corrected chi connectivity index (χ4v) is 0.475. The molecule has 1 heterocycles. The summed E-state index contributed by atoms with van der Waals surface area (Å²) in [7, 11) is 0. The smallest absolute Gasteiger partial charge is 0.305 e. The van der Waals surface area contributed by atoms with E-state index in [1.807, 2.05) is 13.8 Å². The van der Waals surface area contributed by atoms with Crippen molar-refractivity contribution in [2.45, 2.75) is 33.6 Å². The van der Waals surface area contributed by atoms with Gasteiger partial charge in [-0.05, 0) is 13.3 Å². The highest BCUT2D eigenvalue weighted by Gasteiger charge is 2.08. The van der Waals surface area contributed by atoms with Crippen molar-refractivity contribution in [3.63, 3.8) is 0 Å².